The van der Waals surface area contributed by atoms with E-state index < -0.39 is 0 Å². The first-order chi connectivity index (χ1) is 21.5. The molecule has 0 spiro atoms. The van der Waals surface area contributed by atoms with Gasteiger partial charge in [0.05, 0.1) is 16.8 Å². The normalized spacial score (nSPS) is 11.0. The second-order valence-electron chi connectivity index (χ2n) is 11.1. The Morgan fingerprint density at radius 2 is 0.977 bits per heavy atom. The lowest BCUT2D eigenvalue weighted by atomic mass is 10.0. The molecular weight excluding hydrogens is 546 g/mol. The summed E-state index contributed by atoms with van der Waals surface area (Å²) < 4.78 is 11.1. The van der Waals surface area contributed by atoms with Gasteiger partial charge in [0, 0.05) is 6.21 Å². The third kappa shape index (κ3) is 10.6. The average molecular weight is 590 g/mol. The smallest absolute Gasteiger partial charge is 0.343 e. The van der Waals surface area contributed by atoms with E-state index in [-0.39, 0.29) is 11.9 Å². The van der Waals surface area contributed by atoms with Gasteiger partial charge in [0.15, 0.2) is 0 Å². The number of esters is 2. The maximum atomic E-state index is 12.6. The summed E-state index contributed by atoms with van der Waals surface area (Å²) in [4.78, 5) is 29.7. The summed E-state index contributed by atoms with van der Waals surface area (Å²) in [7, 11) is 0. The summed E-state index contributed by atoms with van der Waals surface area (Å²) in [6, 6.07) is 29.6. The number of rotatable bonds is 16. The lowest BCUT2D eigenvalue weighted by Crippen LogP contribution is -2.08. The standard InChI is InChI=1S/C39H43NO4/c1-3-5-7-9-11-30-13-19-33(20-14-30)38(41)43-36-25-17-32(18-26-36)29-40-35-23-27-37(28-24-35)44-39(42)34-21-15-31(16-22-34)12-10-8-6-4-2/h13-29H,3-12H2,1-2H3. The van der Waals surface area contributed by atoms with Crippen LogP contribution in [-0.2, 0) is 12.8 Å². The van der Waals surface area contributed by atoms with Gasteiger partial charge >= 0.3 is 11.9 Å². The van der Waals surface area contributed by atoms with Gasteiger partial charge in [0.2, 0.25) is 0 Å². The third-order valence-electron chi connectivity index (χ3n) is 7.52. The summed E-state index contributed by atoms with van der Waals surface area (Å²) in [5.41, 5.74) is 5.14. The molecule has 0 saturated carbocycles. The van der Waals surface area contributed by atoms with Crippen LogP contribution in [0.1, 0.15) is 103 Å². The molecule has 0 aliphatic heterocycles. The Bertz CT molecular complexity index is 1360. The Morgan fingerprint density at radius 1 is 0.545 bits per heavy atom. The van der Waals surface area contributed by atoms with Crippen molar-refractivity contribution in [3.8, 4) is 11.5 Å². The van der Waals surface area contributed by atoms with Crippen molar-refractivity contribution < 1.29 is 19.1 Å². The molecule has 4 aromatic rings. The number of benzene rings is 4. The Labute approximate surface area is 262 Å². The largest absolute Gasteiger partial charge is 0.423 e. The van der Waals surface area contributed by atoms with Crippen LogP contribution in [-0.4, -0.2) is 18.2 Å². The highest BCUT2D eigenvalue weighted by molar-refractivity contribution is 5.92. The van der Waals surface area contributed by atoms with Crippen molar-refractivity contribution in [3.05, 3.63) is 125 Å². The van der Waals surface area contributed by atoms with E-state index in [1.165, 1.54) is 62.5 Å². The Hall–Kier alpha value is -4.51. The maximum Gasteiger partial charge on any atom is 0.343 e. The Kier molecular flexibility index (Phi) is 12.9. The summed E-state index contributed by atoms with van der Waals surface area (Å²) in [6.45, 7) is 4.42. The van der Waals surface area contributed by atoms with Crippen molar-refractivity contribution in [1.29, 1.82) is 0 Å². The number of hydrogen-bond donors (Lipinski definition) is 0. The minimum absolute atomic E-state index is 0.375. The van der Waals surface area contributed by atoms with Crippen LogP contribution >= 0.6 is 0 Å². The van der Waals surface area contributed by atoms with Crippen LogP contribution in [0.3, 0.4) is 0 Å². The van der Waals surface area contributed by atoms with Crippen molar-refractivity contribution in [2.24, 2.45) is 4.99 Å². The van der Waals surface area contributed by atoms with Crippen molar-refractivity contribution >= 4 is 23.8 Å². The number of aliphatic imine (C=N–C) groups is 1. The predicted molar refractivity (Wildman–Crippen MR) is 179 cm³/mol. The fourth-order valence-corrected chi connectivity index (χ4v) is 4.83. The van der Waals surface area contributed by atoms with Crippen LogP contribution < -0.4 is 9.47 Å². The molecule has 0 bridgehead atoms. The van der Waals surface area contributed by atoms with Gasteiger partial charge in [-0.1, -0.05) is 76.6 Å². The van der Waals surface area contributed by atoms with Crippen LogP contribution in [0.5, 0.6) is 11.5 Å². The van der Waals surface area contributed by atoms with E-state index in [4.69, 9.17) is 9.47 Å². The zero-order chi connectivity index (χ0) is 31.0. The molecule has 0 radical (unpaired) electrons. The van der Waals surface area contributed by atoms with E-state index in [2.05, 4.69) is 18.8 Å². The second-order valence-corrected chi connectivity index (χ2v) is 11.1. The molecule has 0 atom stereocenters. The number of carbonyl (C=O) groups is 2. The van der Waals surface area contributed by atoms with Gasteiger partial charge < -0.3 is 9.47 Å². The molecule has 0 heterocycles. The highest BCUT2D eigenvalue weighted by Crippen LogP contribution is 2.21. The van der Waals surface area contributed by atoms with Crippen molar-refractivity contribution in [2.75, 3.05) is 0 Å². The SMILES string of the molecule is CCCCCCc1ccc(C(=O)Oc2ccc(C=Nc3ccc(OC(=O)c4ccc(CCCCCC)cc4)cc3)cc2)cc1. The fraction of sp³-hybridized carbons (Fsp3) is 0.308. The van der Waals surface area contributed by atoms with E-state index in [0.717, 1.165) is 24.1 Å². The lowest BCUT2D eigenvalue weighted by molar-refractivity contribution is 0.0725. The molecule has 5 heteroatoms. The zero-order valence-electron chi connectivity index (χ0n) is 26.0. The minimum atomic E-state index is -0.380. The van der Waals surface area contributed by atoms with Gasteiger partial charge in [0.1, 0.15) is 11.5 Å². The Morgan fingerprint density at radius 3 is 1.41 bits per heavy atom. The van der Waals surface area contributed by atoms with Gasteiger partial charge in [-0.15, -0.1) is 0 Å². The van der Waals surface area contributed by atoms with Crippen molar-refractivity contribution in [1.82, 2.24) is 0 Å². The van der Waals surface area contributed by atoms with Crippen molar-refractivity contribution in [3.63, 3.8) is 0 Å². The van der Waals surface area contributed by atoms with Gasteiger partial charge in [-0.05, 0) is 115 Å². The van der Waals surface area contributed by atoms with Gasteiger partial charge in [-0.2, -0.15) is 0 Å². The molecule has 0 amide bonds. The summed E-state index contributed by atoms with van der Waals surface area (Å²) >= 11 is 0. The molecule has 0 saturated heterocycles. The molecular formula is C39H43NO4. The Balaban J connectivity index is 1.23. The third-order valence-corrected chi connectivity index (χ3v) is 7.52. The minimum Gasteiger partial charge on any atom is -0.423 e. The van der Waals surface area contributed by atoms with Crippen LogP contribution in [0.2, 0.25) is 0 Å². The van der Waals surface area contributed by atoms with Crippen LogP contribution in [0, 0.1) is 0 Å². The van der Waals surface area contributed by atoms with Gasteiger partial charge in [0.25, 0.3) is 0 Å². The first-order valence-corrected chi connectivity index (χ1v) is 15.9. The summed E-state index contributed by atoms with van der Waals surface area (Å²) in [5, 5.41) is 0. The topological polar surface area (TPSA) is 65.0 Å². The highest BCUT2D eigenvalue weighted by Gasteiger charge is 2.10. The number of unbranched alkanes of at least 4 members (excludes halogenated alkanes) is 6. The molecule has 5 nitrogen and oxygen atoms in total. The van der Waals surface area contributed by atoms with Crippen molar-refractivity contribution in [2.45, 2.75) is 78.1 Å². The first kappa shape index (κ1) is 32.4. The molecule has 0 aliphatic carbocycles. The second kappa shape index (κ2) is 17.6. The predicted octanol–water partition coefficient (Wildman–Crippen LogP) is 10.1. The molecule has 44 heavy (non-hydrogen) atoms. The number of carbonyl (C=O) groups excluding carboxylic acids is 2. The summed E-state index contributed by atoms with van der Waals surface area (Å²) in [6.07, 6.45) is 13.6. The molecule has 228 valence electrons. The zero-order valence-corrected chi connectivity index (χ0v) is 26.0. The number of ether oxygens (including phenoxy) is 2. The van der Waals surface area contributed by atoms with Crippen LogP contribution in [0.25, 0.3) is 0 Å². The van der Waals surface area contributed by atoms with Crippen LogP contribution in [0.4, 0.5) is 5.69 Å². The first-order valence-electron chi connectivity index (χ1n) is 15.9. The number of hydrogen-bond acceptors (Lipinski definition) is 5. The van der Waals surface area contributed by atoms with Gasteiger partial charge in [-0.25, -0.2) is 9.59 Å². The maximum absolute atomic E-state index is 12.6. The van der Waals surface area contributed by atoms with E-state index in [1.54, 1.807) is 42.6 Å². The molecule has 4 aromatic carbocycles. The molecule has 0 aliphatic rings. The number of aryl methyl sites for hydroxylation is 2. The highest BCUT2D eigenvalue weighted by atomic mass is 16.5. The molecule has 0 unspecified atom stereocenters. The lowest BCUT2D eigenvalue weighted by Gasteiger charge is -2.06. The molecule has 4 rings (SSSR count). The van der Waals surface area contributed by atoms with E-state index >= 15 is 0 Å². The summed E-state index contributed by atoms with van der Waals surface area (Å²) in [5.74, 6) is 0.183. The number of nitrogens with zero attached hydrogens (tertiary/aromatic N) is 1. The van der Waals surface area contributed by atoms with E-state index in [0.29, 0.717) is 22.6 Å². The van der Waals surface area contributed by atoms with Gasteiger partial charge in [-0.3, -0.25) is 4.99 Å². The quantitative estimate of drug-likeness (QED) is 0.0564. The van der Waals surface area contributed by atoms with Crippen LogP contribution in [0.15, 0.2) is 102 Å². The monoisotopic (exact) mass is 589 g/mol. The fourth-order valence-electron chi connectivity index (χ4n) is 4.83. The van der Waals surface area contributed by atoms with E-state index in [9.17, 15) is 9.59 Å². The average Bonchev–Trinajstić information content (AvgIpc) is 3.06. The molecule has 0 aromatic heterocycles. The molecule has 0 fully saturated rings. The van der Waals surface area contributed by atoms with E-state index in [1.807, 2.05) is 60.7 Å². The molecule has 0 N–H and O–H groups in total.